The summed E-state index contributed by atoms with van der Waals surface area (Å²) in [5, 5.41) is 2.71. The van der Waals surface area contributed by atoms with Crippen molar-refractivity contribution in [3.8, 4) is 0 Å². The van der Waals surface area contributed by atoms with Gasteiger partial charge in [-0.25, -0.2) is 13.1 Å². The third-order valence-electron chi connectivity index (χ3n) is 5.29. The zero-order valence-electron chi connectivity index (χ0n) is 17.2. The number of rotatable bonds is 6. The van der Waals surface area contributed by atoms with Gasteiger partial charge in [-0.15, -0.1) is 0 Å². The first kappa shape index (κ1) is 21.8. The van der Waals surface area contributed by atoms with Crippen LogP contribution in [0.2, 0.25) is 0 Å². The van der Waals surface area contributed by atoms with E-state index in [0.29, 0.717) is 37.2 Å². The second kappa shape index (κ2) is 9.37. The van der Waals surface area contributed by atoms with E-state index in [4.69, 9.17) is 4.42 Å². The molecule has 9 heteroatoms. The molecule has 0 aliphatic carbocycles. The average molecular weight is 454 g/mol. The lowest BCUT2D eigenvalue weighted by Crippen LogP contribution is -2.46. The largest absolute Gasteiger partial charge is 0.459 e. The number of sulfonamides is 1. The second-order valence-electron chi connectivity index (χ2n) is 7.51. The number of amides is 2. The van der Waals surface area contributed by atoms with Crippen molar-refractivity contribution in [2.75, 3.05) is 18.4 Å². The van der Waals surface area contributed by atoms with Crippen LogP contribution in [0.25, 0.3) is 0 Å². The Morgan fingerprint density at radius 2 is 1.59 bits per heavy atom. The van der Waals surface area contributed by atoms with Gasteiger partial charge in [-0.1, -0.05) is 18.2 Å². The molecule has 2 aromatic carbocycles. The highest BCUT2D eigenvalue weighted by Crippen LogP contribution is 2.18. The zero-order valence-corrected chi connectivity index (χ0v) is 18.0. The van der Waals surface area contributed by atoms with E-state index in [1.54, 1.807) is 71.6 Å². The van der Waals surface area contributed by atoms with Crippen LogP contribution in [-0.2, 0) is 10.0 Å². The molecule has 3 aromatic rings. The van der Waals surface area contributed by atoms with E-state index in [0.717, 1.165) is 0 Å². The third kappa shape index (κ3) is 5.06. The summed E-state index contributed by atoms with van der Waals surface area (Å²) in [4.78, 5) is 26.8. The number of anilines is 1. The van der Waals surface area contributed by atoms with Gasteiger partial charge in [-0.2, -0.15) is 0 Å². The number of carbonyl (C=O) groups excluding carboxylic acids is 2. The standard InChI is InChI=1S/C23H23N3O5S/c27-22(21-7-4-16-31-21)24-18-10-8-17(9-11-18)23(28)26-14-12-19(13-15-26)25-32(29,30)20-5-2-1-3-6-20/h1-11,16,19,25H,12-15H2,(H,24,27). The minimum atomic E-state index is -3.58. The third-order valence-corrected chi connectivity index (χ3v) is 6.83. The van der Waals surface area contributed by atoms with Gasteiger partial charge in [0.1, 0.15) is 0 Å². The van der Waals surface area contributed by atoms with Crippen molar-refractivity contribution in [3.63, 3.8) is 0 Å². The highest BCUT2D eigenvalue weighted by Gasteiger charge is 2.27. The minimum Gasteiger partial charge on any atom is -0.459 e. The topological polar surface area (TPSA) is 109 Å². The molecule has 0 atom stereocenters. The maximum atomic E-state index is 12.8. The summed E-state index contributed by atoms with van der Waals surface area (Å²) >= 11 is 0. The van der Waals surface area contributed by atoms with E-state index in [-0.39, 0.29) is 28.5 Å². The Kier molecular flexibility index (Phi) is 6.38. The van der Waals surface area contributed by atoms with Gasteiger partial charge in [-0.05, 0) is 61.4 Å². The molecular weight excluding hydrogens is 430 g/mol. The van der Waals surface area contributed by atoms with E-state index in [1.165, 1.54) is 6.26 Å². The molecule has 0 bridgehead atoms. The lowest BCUT2D eigenvalue weighted by molar-refractivity contribution is 0.0711. The van der Waals surface area contributed by atoms with Crippen LogP contribution in [0.1, 0.15) is 33.8 Å². The lowest BCUT2D eigenvalue weighted by atomic mass is 10.0. The number of piperidine rings is 1. The number of hydrogen-bond acceptors (Lipinski definition) is 5. The minimum absolute atomic E-state index is 0.127. The average Bonchev–Trinajstić information content (AvgIpc) is 3.35. The zero-order chi connectivity index (χ0) is 22.6. The fourth-order valence-electron chi connectivity index (χ4n) is 3.57. The summed E-state index contributed by atoms with van der Waals surface area (Å²) in [6, 6.07) is 17.9. The van der Waals surface area contributed by atoms with Crippen LogP contribution < -0.4 is 10.0 Å². The van der Waals surface area contributed by atoms with Gasteiger partial charge < -0.3 is 14.6 Å². The van der Waals surface area contributed by atoms with Gasteiger partial charge in [0.25, 0.3) is 11.8 Å². The van der Waals surface area contributed by atoms with Crippen LogP contribution in [0.3, 0.4) is 0 Å². The van der Waals surface area contributed by atoms with E-state index < -0.39 is 10.0 Å². The molecule has 0 saturated carbocycles. The number of nitrogens with one attached hydrogen (secondary N) is 2. The molecule has 2 N–H and O–H groups in total. The lowest BCUT2D eigenvalue weighted by Gasteiger charge is -2.32. The van der Waals surface area contributed by atoms with Gasteiger partial charge in [0, 0.05) is 30.4 Å². The smallest absolute Gasteiger partial charge is 0.291 e. The van der Waals surface area contributed by atoms with Crippen LogP contribution in [-0.4, -0.2) is 44.3 Å². The summed E-state index contributed by atoms with van der Waals surface area (Å²) in [5.74, 6) is -0.289. The maximum absolute atomic E-state index is 12.8. The molecule has 1 saturated heterocycles. The number of furan rings is 1. The molecular formula is C23H23N3O5S. The molecule has 166 valence electrons. The molecule has 1 fully saturated rings. The van der Waals surface area contributed by atoms with Gasteiger partial charge in [0.05, 0.1) is 11.2 Å². The van der Waals surface area contributed by atoms with Crippen LogP contribution in [0.5, 0.6) is 0 Å². The Labute approximate surface area is 186 Å². The summed E-state index contributed by atoms with van der Waals surface area (Å²) in [7, 11) is -3.58. The fraction of sp³-hybridized carbons (Fsp3) is 0.217. The normalized spacial score (nSPS) is 14.8. The van der Waals surface area contributed by atoms with Gasteiger partial charge in [0.15, 0.2) is 5.76 Å². The van der Waals surface area contributed by atoms with Crippen molar-refractivity contribution < 1.29 is 22.4 Å². The van der Waals surface area contributed by atoms with E-state index in [9.17, 15) is 18.0 Å². The van der Waals surface area contributed by atoms with Crippen molar-refractivity contribution in [1.82, 2.24) is 9.62 Å². The molecule has 0 radical (unpaired) electrons. The fourth-order valence-corrected chi connectivity index (χ4v) is 4.89. The number of hydrogen-bond donors (Lipinski definition) is 2. The van der Waals surface area contributed by atoms with Crippen molar-refractivity contribution in [3.05, 3.63) is 84.3 Å². The first-order valence-corrected chi connectivity index (χ1v) is 11.7. The summed E-state index contributed by atoms with van der Waals surface area (Å²) in [6.07, 6.45) is 2.50. The molecule has 8 nitrogen and oxygen atoms in total. The first-order chi connectivity index (χ1) is 15.4. The molecule has 4 rings (SSSR count). The van der Waals surface area contributed by atoms with Gasteiger partial charge in [-0.3, -0.25) is 9.59 Å². The number of benzene rings is 2. The number of nitrogens with zero attached hydrogens (tertiary/aromatic N) is 1. The molecule has 2 amide bonds. The Bertz CT molecular complexity index is 1170. The molecule has 0 spiro atoms. The van der Waals surface area contributed by atoms with Crippen LogP contribution in [0, 0.1) is 0 Å². The first-order valence-electron chi connectivity index (χ1n) is 10.2. The van der Waals surface area contributed by atoms with Gasteiger partial charge in [0.2, 0.25) is 10.0 Å². The van der Waals surface area contributed by atoms with E-state index >= 15 is 0 Å². The number of carbonyl (C=O) groups is 2. The monoisotopic (exact) mass is 453 g/mol. The Morgan fingerprint density at radius 3 is 2.22 bits per heavy atom. The molecule has 2 heterocycles. The predicted octanol–water partition coefficient (Wildman–Crippen LogP) is 3.12. The van der Waals surface area contributed by atoms with E-state index in [1.807, 2.05) is 0 Å². The molecule has 1 aliphatic heterocycles. The van der Waals surface area contributed by atoms with Gasteiger partial charge >= 0.3 is 0 Å². The second-order valence-corrected chi connectivity index (χ2v) is 9.22. The maximum Gasteiger partial charge on any atom is 0.291 e. The molecule has 1 aliphatic rings. The molecule has 0 unspecified atom stereocenters. The van der Waals surface area contributed by atoms with Crippen molar-refractivity contribution >= 4 is 27.5 Å². The molecule has 1 aromatic heterocycles. The highest BCUT2D eigenvalue weighted by molar-refractivity contribution is 7.89. The quantitative estimate of drug-likeness (QED) is 0.596. The Hall–Kier alpha value is -3.43. The van der Waals surface area contributed by atoms with Crippen LogP contribution in [0.4, 0.5) is 5.69 Å². The summed E-state index contributed by atoms with van der Waals surface area (Å²) < 4.78 is 32.8. The van der Waals surface area contributed by atoms with Crippen molar-refractivity contribution in [2.45, 2.75) is 23.8 Å². The van der Waals surface area contributed by atoms with Crippen molar-refractivity contribution in [2.24, 2.45) is 0 Å². The number of likely N-dealkylation sites (tertiary alicyclic amines) is 1. The summed E-state index contributed by atoms with van der Waals surface area (Å²) in [5.41, 5.74) is 1.06. The highest BCUT2D eigenvalue weighted by atomic mass is 32.2. The van der Waals surface area contributed by atoms with E-state index in [2.05, 4.69) is 10.0 Å². The SMILES string of the molecule is O=C(Nc1ccc(C(=O)N2CCC(NS(=O)(=O)c3ccccc3)CC2)cc1)c1ccco1. The molecule has 32 heavy (non-hydrogen) atoms. The summed E-state index contributed by atoms with van der Waals surface area (Å²) in [6.45, 7) is 0.912. The van der Waals surface area contributed by atoms with Crippen LogP contribution in [0.15, 0.2) is 82.3 Å². The Morgan fingerprint density at radius 1 is 0.906 bits per heavy atom. The Balaban J connectivity index is 1.31. The predicted molar refractivity (Wildman–Crippen MR) is 119 cm³/mol. The van der Waals surface area contributed by atoms with Crippen molar-refractivity contribution in [1.29, 1.82) is 0 Å². The van der Waals surface area contributed by atoms with Crippen LogP contribution >= 0.6 is 0 Å².